The third-order valence-electron chi connectivity index (χ3n) is 4.17. The van der Waals surface area contributed by atoms with Crippen molar-refractivity contribution in [3.63, 3.8) is 0 Å². The predicted octanol–water partition coefficient (Wildman–Crippen LogP) is 2.21. The van der Waals surface area contributed by atoms with Crippen LogP contribution >= 0.6 is 0 Å². The molecular weight excluding hydrogens is 348 g/mol. The Morgan fingerprint density at radius 3 is 2.67 bits per heavy atom. The molecule has 27 heavy (non-hydrogen) atoms. The minimum absolute atomic E-state index is 0.107. The molecule has 2 N–H and O–H groups in total. The van der Waals surface area contributed by atoms with Gasteiger partial charge < -0.3 is 10.6 Å². The molecule has 0 saturated heterocycles. The average Bonchev–Trinajstić information content (AvgIpc) is 3.33. The van der Waals surface area contributed by atoms with Gasteiger partial charge in [0.2, 0.25) is 11.8 Å². The monoisotopic (exact) mass is 366 g/mol. The molecular formula is C17H18N8O2. The van der Waals surface area contributed by atoms with E-state index in [1.54, 1.807) is 11.0 Å². The van der Waals surface area contributed by atoms with E-state index >= 15 is 0 Å². The summed E-state index contributed by atoms with van der Waals surface area (Å²) < 4.78 is 1.76. The Labute approximate surface area is 154 Å². The van der Waals surface area contributed by atoms with Crippen LogP contribution in [0.1, 0.15) is 24.0 Å². The lowest BCUT2D eigenvalue weighted by Crippen LogP contribution is -2.10. The lowest BCUT2D eigenvalue weighted by molar-refractivity contribution is -0.384. The van der Waals surface area contributed by atoms with Gasteiger partial charge in [-0.2, -0.15) is 10.1 Å². The number of hydrogen-bond donors (Lipinski definition) is 2. The first-order valence-electron chi connectivity index (χ1n) is 8.59. The Hall–Kier alpha value is -3.56. The van der Waals surface area contributed by atoms with Crippen molar-refractivity contribution in [2.45, 2.75) is 32.0 Å². The number of benzene rings is 1. The number of rotatable bonds is 8. The first-order chi connectivity index (χ1) is 13.2. The van der Waals surface area contributed by atoms with Gasteiger partial charge >= 0.3 is 5.69 Å². The van der Waals surface area contributed by atoms with Crippen LogP contribution in [0.2, 0.25) is 0 Å². The second kappa shape index (κ2) is 7.36. The molecule has 0 amide bonds. The molecule has 0 atom stereocenters. The summed E-state index contributed by atoms with van der Waals surface area (Å²) in [6.45, 7) is 1.18. The van der Waals surface area contributed by atoms with Crippen molar-refractivity contribution in [1.29, 1.82) is 0 Å². The Bertz CT molecular complexity index is 923. The normalized spacial score (nSPS) is 13.3. The predicted molar refractivity (Wildman–Crippen MR) is 98.2 cm³/mol. The third-order valence-corrected chi connectivity index (χ3v) is 4.17. The molecule has 0 spiro atoms. The quantitative estimate of drug-likeness (QED) is 0.459. The molecule has 0 bridgehead atoms. The molecule has 2 aromatic heterocycles. The van der Waals surface area contributed by atoms with Gasteiger partial charge in [0.05, 0.1) is 11.5 Å². The summed E-state index contributed by atoms with van der Waals surface area (Å²) in [5, 5.41) is 21.4. The Morgan fingerprint density at radius 2 is 2.00 bits per heavy atom. The summed E-state index contributed by atoms with van der Waals surface area (Å²) in [5.41, 5.74) is 2.06. The van der Waals surface area contributed by atoms with Gasteiger partial charge in [-0.3, -0.25) is 10.1 Å². The summed E-state index contributed by atoms with van der Waals surface area (Å²) in [5.74, 6) is 0.624. The van der Waals surface area contributed by atoms with Crippen LogP contribution < -0.4 is 10.6 Å². The minimum atomic E-state index is -0.470. The van der Waals surface area contributed by atoms with E-state index in [-0.39, 0.29) is 17.5 Å². The SMILES string of the molecule is O=[N+]([O-])c1cnc(NCc2ccc(Cn3cncn3)cc2)nc1NC1CC1. The van der Waals surface area contributed by atoms with Gasteiger partial charge in [-0.15, -0.1) is 0 Å². The molecule has 3 aromatic rings. The second-order valence-electron chi connectivity index (χ2n) is 6.37. The van der Waals surface area contributed by atoms with Gasteiger partial charge in [-0.05, 0) is 24.0 Å². The highest BCUT2D eigenvalue weighted by Crippen LogP contribution is 2.29. The largest absolute Gasteiger partial charge is 0.361 e. The standard InChI is InChI=1S/C17H18N8O2/c26-25(27)15-8-20-17(23-16(15)22-14-5-6-14)19-7-12-1-3-13(4-2-12)9-24-11-18-10-21-24/h1-4,8,10-11,14H,5-7,9H2,(H2,19,20,22,23). The zero-order valence-electron chi connectivity index (χ0n) is 14.4. The van der Waals surface area contributed by atoms with Gasteiger partial charge in [0.1, 0.15) is 18.9 Å². The molecule has 2 heterocycles. The fraction of sp³-hybridized carbons (Fsp3) is 0.294. The number of nitrogens with one attached hydrogen (secondary N) is 2. The van der Waals surface area contributed by atoms with Crippen LogP contribution in [0.25, 0.3) is 0 Å². The summed E-state index contributed by atoms with van der Waals surface area (Å²) >= 11 is 0. The van der Waals surface area contributed by atoms with E-state index in [2.05, 4.69) is 30.7 Å². The second-order valence-corrected chi connectivity index (χ2v) is 6.37. The highest BCUT2D eigenvalue weighted by Gasteiger charge is 2.26. The Kier molecular flexibility index (Phi) is 4.60. The maximum atomic E-state index is 11.1. The fourth-order valence-corrected chi connectivity index (χ4v) is 2.57. The summed E-state index contributed by atoms with van der Waals surface area (Å²) in [6.07, 6.45) is 6.43. The van der Waals surface area contributed by atoms with Gasteiger partial charge in [0.25, 0.3) is 0 Å². The van der Waals surface area contributed by atoms with Gasteiger partial charge in [0, 0.05) is 12.6 Å². The molecule has 0 radical (unpaired) electrons. The topological polar surface area (TPSA) is 124 Å². The van der Waals surface area contributed by atoms with Crippen molar-refractivity contribution in [2.75, 3.05) is 10.6 Å². The number of aromatic nitrogens is 5. The van der Waals surface area contributed by atoms with Crippen LogP contribution in [-0.4, -0.2) is 35.7 Å². The van der Waals surface area contributed by atoms with Crippen LogP contribution in [0, 0.1) is 10.1 Å². The van der Waals surface area contributed by atoms with Crippen LogP contribution in [0.4, 0.5) is 17.5 Å². The van der Waals surface area contributed by atoms with E-state index in [1.165, 1.54) is 12.5 Å². The molecule has 0 aliphatic heterocycles. The summed E-state index contributed by atoms with van der Waals surface area (Å²) in [6, 6.07) is 8.33. The smallest absolute Gasteiger partial charge is 0.329 e. The summed E-state index contributed by atoms with van der Waals surface area (Å²) in [7, 11) is 0. The molecule has 1 aliphatic rings. The van der Waals surface area contributed by atoms with E-state index in [1.807, 2.05) is 24.3 Å². The average molecular weight is 366 g/mol. The van der Waals surface area contributed by atoms with E-state index in [0.29, 0.717) is 19.0 Å². The lowest BCUT2D eigenvalue weighted by Gasteiger charge is -2.09. The summed E-state index contributed by atoms with van der Waals surface area (Å²) in [4.78, 5) is 22.9. The van der Waals surface area contributed by atoms with Gasteiger partial charge in [0.15, 0.2) is 0 Å². The van der Waals surface area contributed by atoms with Crippen molar-refractivity contribution in [1.82, 2.24) is 24.7 Å². The molecule has 4 rings (SSSR count). The molecule has 1 fully saturated rings. The highest BCUT2D eigenvalue weighted by molar-refractivity contribution is 5.58. The van der Waals surface area contributed by atoms with Crippen molar-refractivity contribution in [3.8, 4) is 0 Å². The van der Waals surface area contributed by atoms with Crippen molar-refractivity contribution in [2.24, 2.45) is 0 Å². The van der Waals surface area contributed by atoms with Crippen molar-refractivity contribution in [3.05, 3.63) is 64.4 Å². The molecule has 1 saturated carbocycles. The number of nitro groups is 1. The molecule has 1 aliphatic carbocycles. The highest BCUT2D eigenvalue weighted by atomic mass is 16.6. The maximum Gasteiger partial charge on any atom is 0.329 e. The zero-order chi connectivity index (χ0) is 18.6. The van der Waals surface area contributed by atoms with Crippen LogP contribution in [0.5, 0.6) is 0 Å². The van der Waals surface area contributed by atoms with E-state index in [0.717, 1.165) is 24.0 Å². The third kappa shape index (κ3) is 4.35. The number of nitrogens with zero attached hydrogens (tertiary/aromatic N) is 6. The molecule has 10 heteroatoms. The maximum absolute atomic E-state index is 11.1. The molecule has 10 nitrogen and oxygen atoms in total. The van der Waals surface area contributed by atoms with Crippen molar-refractivity contribution < 1.29 is 4.92 Å². The van der Waals surface area contributed by atoms with E-state index in [4.69, 9.17) is 0 Å². The van der Waals surface area contributed by atoms with Crippen molar-refractivity contribution >= 4 is 17.5 Å². The Morgan fingerprint density at radius 1 is 1.22 bits per heavy atom. The van der Waals surface area contributed by atoms with Gasteiger partial charge in [-0.25, -0.2) is 14.6 Å². The number of anilines is 2. The van der Waals surface area contributed by atoms with E-state index in [9.17, 15) is 10.1 Å². The van der Waals surface area contributed by atoms with Crippen LogP contribution in [0.3, 0.4) is 0 Å². The van der Waals surface area contributed by atoms with Crippen LogP contribution in [0.15, 0.2) is 43.1 Å². The Balaban J connectivity index is 1.39. The molecule has 0 unspecified atom stereocenters. The minimum Gasteiger partial charge on any atom is -0.361 e. The molecule has 138 valence electrons. The number of hydrogen-bond acceptors (Lipinski definition) is 8. The van der Waals surface area contributed by atoms with Gasteiger partial charge in [-0.1, -0.05) is 24.3 Å². The van der Waals surface area contributed by atoms with E-state index < -0.39 is 4.92 Å². The fourth-order valence-electron chi connectivity index (χ4n) is 2.57. The molecule has 1 aromatic carbocycles. The lowest BCUT2D eigenvalue weighted by atomic mass is 10.1. The van der Waals surface area contributed by atoms with Crippen LogP contribution in [-0.2, 0) is 13.1 Å². The zero-order valence-corrected chi connectivity index (χ0v) is 14.4. The first-order valence-corrected chi connectivity index (χ1v) is 8.59. The first kappa shape index (κ1) is 16.9.